The van der Waals surface area contributed by atoms with Crippen LogP contribution in [0.5, 0.6) is 0 Å². The molecule has 0 N–H and O–H groups in total. The zero-order valence-electron chi connectivity index (χ0n) is 28.0. The van der Waals surface area contributed by atoms with Crippen LogP contribution in [0.1, 0.15) is 58.2 Å². The maximum atomic E-state index is 5.31. The first-order valence-electron chi connectivity index (χ1n) is 16.1. The Bertz CT molecular complexity index is 1890. The van der Waals surface area contributed by atoms with Gasteiger partial charge in [0.2, 0.25) is 0 Å². The van der Waals surface area contributed by atoms with E-state index in [1.807, 2.05) is 30.5 Å². The van der Waals surface area contributed by atoms with Crippen molar-refractivity contribution in [1.29, 1.82) is 0 Å². The lowest BCUT2D eigenvalue weighted by molar-refractivity contribution is 0.569. The smallest absolute Gasteiger partial charge is 0.137 e. The van der Waals surface area contributed by atoms with Crippen molar-refractivity contribution in [3.05, 3.63) is 150 Å². The topological polar surface area (TPSA) is 29.0 Å². The molecule has 3 heteroatoms. The van der Waals surface area contributed by atoms with Crippen LogP contribution in [0, 0.1) is 6.92 Å². The predicted molar refractivity (Wildman–Crippen MR) is 195 cm³/mol. The van der Waals surface area contributed by atoms with Crippen molar-refractivity contribution in [2.45, 2.75) is 59.3 Å². The first kappa shape index (κ1) is 31.0. The fourth-order valence-corrected chi connectivity index (χ4v) is 5.78. The van der Waals surface area contributed by atoms with Crippen molar-refractivity contribution in [3.8, 4) is 33.6 Å². The molecule has 0 aliphatic rings. The first-order chi connectivity index (χ1) is 22.0. The molecule has 230 valence electrons. The van der Waals surface area contributed by atoms with Gasteiger partial charge >= 0.3 is 0 Å². The van der Waals surface area contributed by atoms with E-state index in [9.17, 15) is 0 Å². The Balaban J connectivity index is 1.56. The van der Waals surface area contributed by atoms with Gasteiger partial charge in [-0.2, -0.15) is 0 Å². The van der Waals surface area contributed by atoms with Gasteiger partial charge in [-0.3, -0.25) is 4.90 Å². The monoisotopic (exact) mass is 601 g/mol. The summed E-state index contributed by atoms with van der Waals surface area (Å²) in [6, 6.07) is 45.2. The molecule has 0 fully saturated rings. The molecule has 6 rings (SSSR count). The second-order valence-corrected chi connectivity index (χ2v) is 14.1. The molecule has 0 atom stereocenters. The predicted octanol–water partition coefficient (Wildman–Crippen LogP) is 11.9. The Kier molecular flexibility index (Phi) is 8.35. The molecular weight excluding hydrogens is 558 g/mol. The van der Waals surface area contributed by atoms with Gasteiger partial charge in [0.25, 0.3) is 0 Å². The van der Waals surface area contributed by atoms with E-state index < -0.39 is 0 Å². The van der Waals surface area contributed by atoms with Crippen molar-refractivity contribution in [2.24, 2.45) is 0 Å². The third-order valence-electron chi connectivity index (χ3n) is 8.54. The van der Waals surface area contributed by atoms with Crippen molar-refractivity contribution < 1.29 is 0 Å². The lowest BCUT2D eigenvalue weighted by Crippen LogP contribution is -2.16. The molecule has 0 radical (unpaired) electrons. The summed E-state index contributed by atoms with van der Waals surface area (Å²) >= 11 is 0. The number of pyridine rings is 2. The number of benzene rings is 4. The molecule has 2 aromatic heterocycles. The van der Waals surface area contributed by atoms with Gasteiger partial charge in [0.1, 0.15) is 5.82 Å². The number of aryl methyl sites for hydroxylation is 1. The van der Waals surface area contributed by atoms with Crippen molar-refractivity contribution in [1.82, 2.24) is 9.97 Å². The normalized spacial score (nSPS) is 11.8. The zero-order valence-corrected chi connectivity index (χ0v) is 28.0. The molecule has 0 saturated carbocycles. The highest BCUT2D eigenvalue weighted by molar-refractivity contribution is 5.81. The third-order valence-corrected chi connectivity index (χ3v) is 8.54. The van der Waals surface area contributed by atoms with Crippen molar-refractivity contribution >= 4 is 17.2 Å². The van der Waals surface area contributed by atoms with Crippen LogP contribution in [-0.2, 0) is 10.8 Å². The quantitative estimate of drug-likeness (QED) is 0.190. The highest BCUT2D eigenvalue weighted by Crippen LogP contribution is 2.39. The van der Waals surface area contributed by atoms with Crippen LogP contribution >= 0.6 is 0 Å². The molecule has 0 unspecified atom stereocenters. The second kappa shape index (κ2) is 12.4. The third kappa shape index (κ3) is 6.65. The zero-order chi connectivity index (χ0) is 32.5. The molecule has 0 saturated heterocycles. The van der Waals surface area contributed by atoms with Gasteiger partial charge in [0, 0.05) is 28.7 Å². The number of nitrogens with zero attached hydrogens (tertiary/aromatic N) is 3. The highest BCUT2D eigenvalue weighted by atomic mass is 15.2. The molecule has 46 heavy (non-hydrogen) atoms. The van der Waals surface area contributed by atoms with Crippen LogP contribution in [0.15, 0.2) is 134 Å². The van der Waals surface area contributed by atoms with Gasteiger partial charge in [-0.1, -0.05) is 120 Å². The maximum absolute atomic E-state index is 5.31. The number of rotatable bonds is 6. The van der Waals surface area contributed by atoms with E-state index in [0.717, 1.165) is 45.3 Å². The average molecular weight is 602 g/mol. The summed E-state index contributed by atoms with van der Waals surface area (Å²) < 4.78 is 0. The molecule has 0 aliphatic heterocycles. The van der Waals surface area contributed by atoms with E-state index >= 15 is 0 Å². The summed E-state index contributed by atoms with van der Waals surface area (Å²) in [7, 11) is 0. The van der Waals surface area contributed by atoms with Crippen molar-refractivity contribution in [3.63, 3.8) is 0 Å². The number of aromatic nitrogens is 2. The molecule has 0 spiro atoms. The summed E-state index contributed by atoms with van der Waals surface area (Å²) in [5.41, 5.74) is 12.5. The Hall–Kier alpha value is -5.02. The Morgan fingerprint density at radius 3 is 1.76 bits per heavy atom. The number of hydrogen-bond acceptors (Lipinski definition) is 3. The van der Waals surface area contributed by atoms with Crippen LogP contribution in [0.4, 0.5) is 17.2 Å². The summed E-state index contributed by atoms with van der Waals surface area (Å²) in [6.45, 7) is 15.9. The highest BCUT2D eigenvalue weighted by Gasteiger charge is 2.22. The second-order valence-electron chi connectivity index (χ2n) is 14.1. The van der Waals surface area contributed by atoms with Crippen LogP contribution in [0.3, 0.4) is 0 Å². The molecular formula is C43H43N3. The molecule has 0 bridgehead atoms. The van der Waals surface area contributed by atoms with Gasteiger partial charge in [-0.25, -0.2) is 9.97 Å². The van der Waals surface area contributed by atoms with Gasteiger partial charge < -0.3 is 0 Å². The van der Waals surface area contributed by atoms with Crippen molar-refractivity contribution in [2.75, 3.05) is 4.90 Å². The Morgan fingerprint density at radius 2 is 1.11 bits per heavy atom. The van der Waals surface area contributed by atoms with E-state index in [2.05, 4.69) is 156 Å². The summed E-state index contributed by atoms with van der Waals surface area (Å²) in [4.78, 5) is 12.2. The first-order valence-corrected chi connectivity index (χ1v) is 16.1. The molecule has 0 aliphatic carbocycles. The lowest BCUT2D eigenvalue weighted by atomic mass is 9.79. The number of hydrogen-bond donors (Lipinski definition) is 0. The SMILES string of the molecule is Cc1ccccc1-c1cc(-c2cc(C(C)(C)C)cc(C(C)(C)C)c2)cc(-c2cccc(N(c3ccccc3)c3ccccn3)c2)n1. The minimum Gasteiger partial charge on any atom is -0.295 e. The van der Waals surface area contributed by atoms with Gasteiger partial charge in [0.05, 0.1) is 11.4 Å². The minimum absolute atomic E-state index is 0.0193. The standard InChI is InChI=1S/C43H43N3/c1-30-16-11-12-21-38(30)40-28-33(32-24-34(42(2,3)4)29-35(25-32)43(5,6)7)27-39(45-40)31-17-15-20-37(26-31)46(36-18-9-8-10-19-36)41-22-13-14-23-44-41/h8-29H,1-7H3. The Morgan fingerprint density at radius 1 is 0.500 bits per heavy atom. The van der Waals surface area contributed by atoms with Crippen LogP contribution < -0.4 is 4.90 Å². The Labute approximate surface area is 274 Å². The summed E-state index contributed by atoms with van der Waals surface area (Å²) in [5, 5.41) is 0. The van der Waals surface area contributed by atoms with Crippen LogP contribution in [-0.4, -0.2) is 9.97 Å². The largest absolute Gasteiger partial charge is 0.295 e. The number of para-hydroxylation sites is 1. The maximum Gasteiger partial charge on any atom is 0.137 e. The van der Waals surface area contributed by atoms with E-state index in [1.54, 1.807) is 0 Å². The van der Waals surface area contributed by atoms with E-state index in [4.69, 9.17) is 9.97 Å². The summed E-state index contributed by atoms with van der Waals surface area (Å²) in [5.74, 6) is 0.863. The van der Waals surface area contributed by atoms with E-state index in [0.29, 0.717) is 0 Å². The van der Waals surface area contributed by atoms with Gasteiger partial charge in [-0.15, -0.1) is 0 Å². The minimum atomic E-state index is 0.0193. The number of anilines is 3. The average Bonchev–Trinajstić information content (AvgIpc) is 3.05. The fourth-order valence-electron chi connectivity index (χ4n) is 5.78. The van der Waals surface area contributed by atoms with Gasteiger partial charge in [-0.05, 0) is 94.1 Å². The molecule has 2 heterocycles. The van der Waals surface area contributed by atoms with E-state index in [1.165, 1.54) is 22.3 Å². The lowest BCUT2D eigenvalue weighted by Gasteiger charge is -2.26. The molecule has 0 amide bonds. The fraction of sp³-hybridized carbons (Fsp3) is 0.209. The van der Waals surface area contributed by atoms with Crippen LogP contribution in [0.25, 0.3) is 33.6 Å². The molecule has 3 nitrogen and oxygen atoms in total. The molecule has 4 aromatic carbocycles. The molecule has 6 aromatic rings. The van der Waals surface area contributed by atoms with Gasteiger partial charge in [0.15, 0.2) is 0 Å². The van der Waals surface area contributed by atoms with Crippen LogP contribution in [0.2, 0.25) is 0 Å². The summed E-state index contributed by atoms with van der Waals surface area (Å²) in [6.07, 6.45) is 1.84. The van der Waals surface area contributed by atoms with E-state index in [-0.39, 0.29) is 10.8 Å².